The van der Waals surface area contributed by atoms with Crippen molar-refractivity contribution in [2.75, 3.05) is 24.3 Å². The van der Waals surface area contributed by atoms with Gasteiger partial charge in [-0.05, 0) is 95.1 Å². The van der Waals surface area contributed by atoms with E-state index in [1.807, 2.05) is 25.1 Å². The lowest BCUT2D eigenvalue weighted by Gasteiger charge is -2.50. The molecule has 1 aliphatic heterocycles. The number of rotatable bonds is 5. The second-order valence-corrected chi connectivity index (χ2v) is 11.3. The van der Waals surface area contributed by atoms with Crippen molar-refractivity contribution in [3.63, 3.8) is 0 Å². The molecule has 0 atom stereocenters. The molecule has 0 unspecified atom stereocenters. The molecule has 0 spiro atoms. The van der Waals surface area contributed by atoms with E-state index in [9.17, 15) is 0 Å². The number of hydrogen-bond donors (Lipinski definition) is 2. The molecule has 174 valence electrons. The molecular weight excluding hydrogens is 436 g/mol. The minimum atomic E-state index is 0.0300. The molecule has 6 heteroatoms. The molecule has 0 amide bonds. The summed E-state index contributed by atoms with van der Waals surface area (Å²) >= 11 is 12.3. The fourth-order valence-electron chi connectivity index (χ4n) is 4.82. The summed E-state index contributed by atoms with van der Waals surface area (Å²) in [7, 11) is 4.12. The lowest BCUT2D eigenvalue weighted by atomic mass is 9.79. The van der Waals surface area contributed by atoms with Crippen LogP contribution in [0.1, 0.15) is 51.7 Å². The maximum atomic E-state index is 6.36. The minimum Gasteiger partial charge on any atom is -0.378 e. The van der Waals surface area contributed by atoms with E-state index >= 15 is 0 Å². The summed E-state index contributed by atoms with van der Waals surface area (Å²) in [5.41, 5.74) is 4.48. The molecule has 0 saturated carbocycles. The van der Waals surface area contributed by atoms with E-state index in [-0.39, 0.29) is 11.1 Å². The summed E-state index contributed by atoms with van der Waals surface area (Å²) in [6, 6.07) is 15.1. The summed E-state index contributed by atoms with van der Waals surface area (Å²) in [4.78, 5) is 4.48. The van der Waals surface area contributed by atoms with Gasteiger partial charge in [0.2, 0.25) is 0 Å². The molecule has 3 rings (SSSR count). The first-order chi connectivity index (χ1) is 14.8. The predicted molar refractivity (Wildman–Crippen MR) is 143 cm³/mol. The average Bonchev–Trinajstić information content (AvgIpc) is 2.66. The normalized spacial score (nSPS) is 17.6. The van der Waals surface area contributed by atoms with Gasteiger partial charge in [0.05, 0.1) is 0 Å². The number of hydrogen-bond acceptors (Lipinski definition) is 3. The molecule has 2 aromatic carbocycles. The van der Waals surface area contributed by atoms with E-state index in [1.54, 1.807) is 0 Å². The van der Waals surface area contributed by atoms with Gasteiger partial charge in [0.25, 0.3) is 0 Å². The van der Waals surface area contributed by atoms with Crippen LogP contribution in [0.3, 0.4) is 0 Å². The Morgan fingerprint density at radius 3 is 2.19 bits per heavy atom. The standard InChI is InChI=1S/C26H37ClN4S/c1-18-8-11-20(14-23(18)27)28-24(32)31(17-19-9-12-21(13-10-19)30(6)7)22-15-25(2,3)29-26(4,5)16-22/h8-14,22,29H,15-17H2,1-7H3,(H,28,32). The second kappa shape index (κ2) is 9.58. The first kappa shape index (κ1) is 24.8. The maximum Gasteiger partial charge on any atom is 0.173 e. The molecule has 1 heterocycles. The number of nitrogens with one attached hydrogen (secondary N) is 2. The number of aryl methyl sites for hydroxylation is 1. The number of thiocarbonyl (C=S) groups is 1. The Morgan fingerprint density at radius 1 is 1.06 bits per heavy atom. The summed E-state index contributed by atoms with van der Waals surface area (Å²) in [6.07, 6.45) is 2.03. The van der Waals surface area contributed by atoms with Crippen LogP contribution in [-0.4, -0.2) is 41.2 Å². The zero-order valence-electron chi connectivity index (χ0n) is 20.4. The first-order valence-electron chi connectivity index (χ1n) is 11.2. The van der Waals surface area contributed by atoms with Crippen molar-refractivity contribution < 1.29 is 0 Å². The molecule has 1 fully saturated rings. The highest BCUT2D eigenvalue weighted by atomic mass is 35.5. The van der Waals surface area contributed by atoms with Crippen molar-refractivity contribution >= 4 is 40.3 Å². The van der Waals surface area contributed by atoms with Crippen LogP contribution in [0.15, 0.2) is 42.5 Å². The molecule has 2 aromatic rings. The van der Waals surface area contributed by atoms with Crippen molar-refractivity contribution in [2.24, 2.45) is 0 Å². The van der Waals surface area contributed by atoms with E-state index in [0.717, 1.165) is 40.8 Å². The van der Waals surface area contributed by atoms with Crippen molar-refractivity contribution in [2.45, 2.75) is 71.1 Å². The van der Waals surface area contributed by atoms with Crippen LogP contribution in [-0.2, 0) is 6.54 Å². The lowest BCUT2D eigenvalue weighted by Crippen LogP contribution is -2.63. The summed E-state index contributed by atoms with van der Waals surface area (Å²) in [5.74, 6) is 0. The number of benzene rings is 2. The van der Waals surface area contributed by atoms with Gasteiger partial charge in [0.15, 0.2) is 5.11 Å². The molecular formula is C26H37ClN4S. The Morgan fingerprint density at radius 2 is 1.66 bits per heavy atom. The van der Waals surface area contributed by atoms with Gasteiger partial charge in [-0.25, -0.2) is 0 Å². The molecule has 0 radical (unpaired) electrons. The van der Waals surface area contributed by atoms with Gasteiger partial charge in [-0.3, -0.25) is 0 Å². The Labute approximate surface area is 204 Å². The van der Waals surface area contributed by atoms with Gasteiger partial charge >= 0.3 is 0 Å². The SMILES string of the molecule is Cc1ccc(NC(=S)N(Cc2ccc(N(C)C)cc2)C2CC(C)(C)NC(C)(C)C2)cc1Cl. The topological polar surface area (TPSA) is 30.5 Å². The quantitative estimate of drug-likeness (QED) is 0.504. The van der Waals surface area contributed by atoms with Gasteiger partial charge in [0.1, 0.15) is 0 Å². The van der Waals surface area contributed by atoms with Gasteiger partial charge < -0.3 is 20.4 Å². The van der Waals surface area contributed by atoms with Crippen molar-refractivity contribution in [1.82, 2.24) is 10.2 Å². The van der Waals surface area contributed by atoms with Crippen molar-refractivity contribution in [3.05, 3.63) is 58.6 Å². The molecule has 4 nitrogen and oxygen atoms in total. The minimum absolute atomic E-state index is 0.0300. The Hall–Kier alpha value is -1.82. The third-order valence-corrected chi connectivity index (χ3v) is 6.84. The van der Waals surface area contributed by atoms with Crippen LogP contribution < -0.4 is 15.5 Å². The maximum absolute atomic E-state index is 6.36. The Kier molecular flexibility index (Phi) is 7.43. The fourth-order valence-corrected chi connectivity index (χ4v) is 5.33. The van der Waals surface area contributed by atoms with Gasteiger partial charge in [-0.2, -0.15) is 0 Å². The summed E-state index contributed by atoms with van der Waals surface area (Å²) in [5, 5.41) is 8.73. The Bertz CT molecular complexity index is 937. The first-order valence-corrected chi connectivity index (χ1v) is 12.0. The highest BCUT2D eigenvalue weighted by Gasteiger charge is 2.40. The van der Waals surface area contributed by atoms with Crippen molar-refractivity contribution in [3.8, 4) is 0 Å². The highest BCUT2D eigenvalue weighted by Crippen LogP contribution is 2.33. The smallest absolute Gasteiger partial charge is 0.173 e. The molecule has 0 aromatic heterocycles. The number of piperidine rings is 1. The largest absolute Gasteiger partial charge is 0.378 e. The van der Waals surface area contributed by atoms with Gasteiger partial charge in [0, 0.05) is 54.2 Å². The third kappa shape index (κ3) is 6.37. The molecule has 32 heavy (non-hydrogen) atoms. The molecule has 1 aliphatic rings. The number of anilines is 2. The van der Waals surface area contributed by atoms with E-state index < -0.39 is 0 Å². The summed E-state index contributed by atoms with van der Waals surface area (Å²) in [6.45, 7) is 11.9. The Balaban J connectivity index is 1.88. The van der Waals surface area contributed by atoms with E-state index in [0.29, 0.717) is 6.04 Å². The zero-order valence-corrected chi connectivity index (χ0v) is 22.0. The van der Waals surface area contributed by atoms with Gasteiger partial charge in [-0.1, -0.05) is 29.8 Å². The van der Waals surface area contributed by atoms with Gasteiger partial charge in [-0.15, -0.1) is 0 Å². The van der Waals surface area contributed by atoms with Crippen LogP contribution in [0, 0.1) is 6.92 Å². The molecule has 0 aliphatic carbocycles. The fraction of sp³-hybridized carbons (Fsp3) is 0.500. The number of halogens is 1. The molecule has 1 saturated heterocycles. The highest BCUT2D eigenvalue weighted by molar-refractivity contribution is 7.80. The summed E-state index contributed by atoms with van der Waals surface area (Å²) < 4.78 is 0. The van der Waals surface area contributed by atoms with Crippen LogP contribution in [0.2, 0.25) is 5.02 Å². The predicted octanol–water partition coefficient (Wildman–Crippen LogP) is 6.22. The second-order valence-electron chi connectivity index (χ2n) is 10.5. The van der Waals surface area contributed by atoms with Crippen LogP contribution >= 0.6 is 23.8 Å². The van der Waals surface area contributed by atoms with E-state index in [2.05, 4.69) is 86.5 Å². The zero-order chi connectivity index (χ0) is 23.7. The molecule has 2 N–H and O–H groups in total. The van der Waals surface area contributed by atoms with Crippen molar-refractivity contribution in [1.29, 1.82) is 0 Å². The lowest BCUT2D eigenvalue weighted by molar-refractivity contribution is 0.101. The number of nitrogens with zero attached hydrogens (tertiary/aromatic N) is 2. The van der Waals surface area contributed by atoms with E-state index in [4.69, 9.17) is 23.8 Å². The average molecular weight is 473 g/mol. The monoisotopic (exact) mass is 472 g/mol. The third-order valence-electron chi connectivity index (χ3n) is 6.10. The van der Waals surface area contributed by atoms with Crippen LogP contribution in [0.5, 0.6) is 0 Å². The van der Waals surface area contributed by atoms with Crippen LogP contribution in [0.25, 0.3) is 0 Å². The molecule has 0 bridgehead atoms. The van der Waals surface area contributed by atoms with Crippen LogP contribution in [0.4, 0.5) is 11.4 Å². The van der Waals surface area contributed by atoms with E-state index in [1.165, 1.54) is 11.3 Å².